The van der Waals surface area contributed by atoms with Crippen LogP contribution in [0.15, 0.2) is 71.6 Å². The Labute approximate surface area is 124 Å². The maximum atomic E-state index is 11.5. The van der Waals surface area contributed by atoms with E-state index in [1.807, 2.05) is 36.4 Å². The Morgan fingerprint density at radius 2 is 1.43 bits per heavy atom. The van der Waals surface area contributed by atoms with Crippen molar-refractivity contribution in [2.24, 2.45) is 0 Å². The average Bonchev–Trinajstić information content (AvgIpc) is 2.52. The van der Waals surface area contributed by atoms with Crippen LogP contribution in [-0.4, -0.2) is 8.76 Å². The van der Waals surface area contributed by atoms with Crippen molar-refractivity contribution in [3.63, 3.8) is 0 Å². The van der Waals surface area contributed by atoms with Crippen LogP contribution in [0.25, 0.3) is 32.3 Å². The Morgan fingerprint density at radius 1 is 0.667 bits per heavy atom. The average molecular weight is 292 g/mol. The molecule has 0 aliphatic carbocycles. The zero-order valence-electron chi connectivity index (χ0n) is 11.1. The fourth-order valence-electron chi connectivity index (χ4n) is 2.91. The molecule has 2 nitrogen and oxygen atoms in total. The van der Waals surface area contributed by atoms with Gasteiger partial charge >= 0.3 is 0 Å². The summed E-state index contributed by atoms with van der Waals surface area (Å²) in [5.74, 6) is 0. The molecule has 0 spiro atoms. The van der Waals surface area contributed by atoms with Gasteiger partial charge in [0.25, 0.3) is 0 Å². The molecule has 0 fully saturated rings. The molecule has 1 atom stereocenters. The first kappa shape index (κ1) is 12.5. The van der Waals surface area contributed by atoms with Gasteiger partial charge in [-0.2, -0.15) is 0 Å². The highest BCUT2D eigenvalue weighted by atomic mass is 32.2. The van der Waals surface area contributed by atoms with E-state index in [2.05, 4.69) is 24.3 Å². The molecule has 3 heteroatoms. The fourth-order valence-corrected chi connectivity index (χ4v) is 3.47. The Hall–Kier alpha value is -2.23. The van der Waals surface area contributed by atoms with Crippen LogP contribution >= 0.6 is 0 Å². The number of rotatable bonds is 1. The highest BCUT2D eigenvalue weighted by Crippen LogP contribution is 2.31. The molecule has 0 saturated carbocycles. The smallest absolute Gasteiger partial charge is 0.187 e. The van der Waals surface area contributed by atoms with Crippen molar-refractivity contribution >= 4 is 43.4 Å². The van der Waals surface area contributed by atoms with Crippen LogP contribution in [-0.2, 0) is 11.1 Å². The van der Waals surface area contributed by atoms with Crippen molar-refractivity contribution in [1.82, 2.24) is 0 Å². The summed E-state index contributed by atoms with van der Waals surface area (Å²) in [6, 6.07) is 22.0. The maximum absolute atomic E-state index is 11.5. The second kappa shape index (κ2) is 4.65. The van der Waals surface area contributed by atoms with Gasteiger partial charge in [-0.15, -0.1) is 0 Å². The van der Waals surface area contributed by atoms with Gasteiger partial charge in [-0.25, -0.2) is 4.21 Å². The molecule has 102 valence electrons. The molecule has 0 bridgehead atoms. The molecule has 1 N–H and O–H groups in total. The van der Waals surface area contributed by atoms with Crippen LogP contribution in [0.3, 0.4) is 0 Å². The van der Waals surface area contributed by atoms with Crippen molar-refractivity contribution in [2.45, 2.75) is 4.90 Å². The quantitative estimate of drug-likeness (QED) is 0.313. The van der Waals surface area contributed by atoms with Crippen molar-refractivity contribution in [2.75, 3.05) is 0 Å². The van der Waals surface area contributed by atoms with E-state index in [0.29, 0.717) is 4.90 Å². The molecule has 0 aromatic heterocycles. The van der Waals surface area contributed by atoms with Gasteiger partial charge in [0, 0.05) is 5.39 Å². The molecular formula is C18H12O2S. The highest BCUT2D eigenvalue weighted by molar-refractivity contribution is 7.79. The minimum absolute atomic E-state index is 0.461. The van der Waals surface area contributed by atoms with E-state index in [4.69, 9.17) is 0 Å². The van der Waals surface area contributed by atoms with Gasteiger partial charge in [0.05, 0.1) is 4.90 Å². The highest BCUT2D eigenvalue weighted by Gasteiger charge is 2.09. The number of fused-ring (bicyclic) bond motifs is 4. The predicted molar refractivity (Wildman–Crippen MR) is 88.0 cm³/mol. The molecule has 0 aliphatic heterocycles. The molecule has 21 heavy (non-hydrogen) atoms. The van der Waals surface area contributed by atoms with Gasteiger partial charge in [0.2, 0.25) is 0 Å². The fraction of sp³-hybridized carbons (Fsp3) is 0. The van der Waals surface area contributed by atoms with Crippen LogP contribution in [0.5, 0.6) is 0 Å². The zero-order valence-corrected chi connectivity index (χ0v) is 11.9. The lowest BCUT2D eigenvalue weighted by Gasteiger charge is -2.08. The first-order valence-electron chi connectivity index (χ1n) is 6.69. The van der Waals surface area contributed by atoms with Crippen LogP contribution in [0.4, 0.5) is 0 Å². The van der Waals surface area contributed by atoms with Gasteiger partial charge in [-0.05, 0) is 45.1 Å². The largest absolute Gasteiger partial charge is 0.302 e. The molecule has 4 aromatic rings. The SMILES string of the molecule is O=S(O)c1cccc2c1ccc1cc3ccccc3cc12. The van der Waals surface area contributed by atoms with Crippen LogP contribution < -0.4 is 0 Å². The minimum atomic E-state index is -1.97. The summed E-state index contributed by atoms with van der Waals surface area (Å²) in [4.78, 5) is 0.461. The first-order valence-corrected chi connectivity index (χ1v) is 7.80. The molecule has 0 radical (unpaired) electrons. The molecule has 4 aromatic carbocycles. The molecular weight excluding hydrogens is 280 g/mol. The molecule has 0 heterocycles. The zero-order chi connectivity index (χ0) is 14.4. The third-order valence-corrected chi connectivity index (χ3v) is 4.62. The lowest BCUT2D eigenvalue weighted by atomic mass is 9.98. The summed E-state index contributed by atoms with van der Waals surface area (Å²) in [7, 11) is 0. The van der Waals surface area contributed by atoms with E-state index in [9.17, 15) is 8.76 Å². The van der Waals surface area contributed by atoms with Crippen LogP contribution in [0.2, 0.25) is 0 Å². The summed E-state index contributed by atoms with van der Waals surface area (Å²) in [6.07, 6.45) is 0. The van der Waals surface area contributed by atoms with E-state index < -0.39 is 11.1 Å². The van der Waals surface area contributed by atoms with E-state index in [0.717, 1.165) is 21.5 Å². The topological polar surface area (TPSA) is 37.3 Å². The normalized spacial score (nSPS) is 13.0. The van der Waals surface area contributed by atoms with Crippen LogP contribution in [0, 0.1) is 0 Å². The minimum Gasteiger partial charge on any atom is -0.302 e. The van der Waals surface area contributed by atoms with Crippen molar-refractivity contribution in [3.05, 3.63) is 66.7 Å². The summed E-state index contributed by atoms with van der Waals surface area (Å²) in [5, 5.41) is 6.47. The number of benzene rings is 4. The number of hydrogen-bond acceptors (Lipinski definition) is 1. The Morgan fingerprint density at radius 3 is 2.19 bits per heavy atom. The summed E-state index contributed by atoms with van der Waals surface area (Å²) < 4.78 is 20.9. The Kier molecular flexibility index (Phi) is 2.77. The van der Waals surface area contributed by atoms with E-state index in [1.165, 1.54) is 10.8 Å². The van der Waals surface area contributed by atoms with Gasteiger partial charge in [-0.1, -0.05) is 48.5 Å². The Balaban J connectivity index is 2.20. The van der Waals surface area contributed by atoms with Gasteiger partial charge in [0.15, 0.2) is 11.1 Å². The summed E-state index contributed by atoms with van der Waals surface area (Å²) in [5.41, 5.74) is 0. The van der Waals surface area contributed by atoms with Gasteiger partial charge in [-0.3, -0.25) is 0 Å². The lowest BCUT2D eigenvalue weighted by Crippen LogP contribution is -1.90. The number of hydrogen-bond donors (Lipinski definition) is 1. The summed E-state index contributed by atoms with van der Waals surface area (Å²) in [6.45, 7) is 0. The van der Waals surface area contributed by atoms with Crippen molar-refractivity contribution in [3.8, 4) is 0 Å². The maximum Gasteiger partial charge on any atom is 0.187 e. The van der Waals surface area contributed by atoms with Gasteiger partial charge in [0.1, 0.15) is 0 Å². The second-order valence-electron chi connectivity index (χ2n) is 5.09. The monoisotopic (exact) mass is 292 g/mol. The standard InChI is InChI=1S/C18H12O2S/c19-21(20)18-7-3-6-15-16(18)9-8-14-10-12-4-1-2-5-13(12)11-17(14)15/h1-11H,(H,19,20). The molecule has 4 rings (SSSR count). The second-order valence-corrected chi connectivity index (χ2v) is 6.02. The molecule has 1 unspecified atom stereocenters. The Bertz CT molecular complexity index is 1020. The van der Waals surface area contributed by atoms with Crippen molar-refractivity contribution in [1.29, 1.82) is 0 Å². The molecule has 0 saturated heterocycles. The van der Waals surface area contributed by atoms with Crippen LogP contribution in [0.1, 0.15) is 0 Å². The first-order chi connectivity index (χ1) is 10.2. The lowest BCUT2D eigenvalue weighted by molar-refractivity contribution is 0.565. The van der Waals surface area contributed by atoms with E-state index in [-0.39, 0.29) is 0 Å². The third kappa shape index (κ3) is 1.94. The molecule has 0 amide bonds. The van der Waals surface area contributed by atoms with E-state index >= 15 is 0 Å². The summed E-state index contributed by atoms with van der Waals surface area (Å²) >= 11 is -1.97. The van der Waals surface area contributed by atoms with Gasteiger partial charge < -0.3 is 4.55 Å². The van der Waals surface area contributed by atoms with Crippen molar-refractivity contribution < 1.29 is 8.76 Å². The predicted octanol–water partition coefficient (Wildman–Crippen LogP) is 4.73. The van der Waals surface area contributed by atoms with E-state index in [1.54, 1.807) is 6.07 Å². The third-order valence-electron chi connectivity index (χ3n) is 3.89. The molecule has 0 aliphatic rings.